The van der Waals surface area contributed by atoms with Gasteiger partial charge >= 0.3 is 0 Å². The van der Waals surface area contributed by atoms with Crippen LogP contribution in [0.1, 0.15) is 13.3 Å². The minimum Gasteiger partial charge on any atom is -0.380 e. The molecule has 0 saturated carbocycles. The van der Waals surface area contributed by atoms with Crippen LogP contribution < -0.4 is 5.32 Å². The second-order valence-electron chi connectivity index (χ2n) is 4.44. The molecular weight excluding hydrogens is 305 g/mol. The van der Waals surface area contributed by atoms with Crippen molar-refractivity contribution in [1.82, 2.24) is 5.32 Å². The quantitative estimate of drug-likeness (QED) is 0.926. The predicted octanol–water partition coefficient (Wildman–Crippen LogP) is 2.87. The maximum Gasteiger partial charge on any atom is 0.0782 e. The van der Waals surface area contributed by atoms with Crippen molar-refractivity contribution < 1.29 is 8.95 Å². The van der Waals surface area contributed by atoms with Crippen LogP contribution in [0.15, 0.2) is 23.1 Å². The van der Waals surface area contributed by atoms with Crippen LogP contribution in [0.5, 0.6) is 0 Å². The van der Waals surface area contributed by atoms with Crippen LogP contribution in [0.25, 0.3) is 0 Å². The van der Waals surface area contributed by atoms with Gasteiger partial charge in [0.15, 0.2) is 0 Å². The summed E-state index contributed by atoms with van der Waals surface area (Å²) in [5, 5.41) is 4.24. The number of halogens is 2. The molecule has 1 heterocycles. The van der Waals surface area contributed by atoms with E-state index in [0.717, 1.165) is 13.0 Å². The van der Waals surface area contributed by atoms with E-state index in [1.807, 2.05) is 0 Å². The van der Waals surface area contributed by atoms with E-state index in [9.17, 15) is 4.21 Å². The maximum absolute atomic E-state index is 12.6. The van der Waals surface area contributed by atoms with Crippen molar-refractivity contribution >= 4 is 34.0 Å². The van der Waals surface area contributed by atoms with Gasteiger partial charge in [0.1, 0.15) is 0 Å². The van der Waals surface area contributed by atoms with Gasteiger partial charge in [0, 0.05) is 17.5 Å². The minimum absolute atomic E-state index is 0.0501. The van der Waals surface area contributed by atoms with Crippen LogP contribution in [0.3, 0.4) is 0 Å². The van der Waals surface area contributed by atoms with Crippen LogP contribution in [0.2, 0.25) is 10.0 Å². The molecule has 3 nitrogen and oxygen atoms in total. The standard InChI is InChI=1S/C13H17Cl2NO2S/c1-2-16-12-5-6-18-8-13(12)19(17)9-3-4-10(14)11(15)7-9/h3-4,7,12-13,16H,2,5-6,8H2,1H3. The molecule has 3 unspecified atom stereocenters. The van der Waals surface area contributed by atoms with Gasteiger partial charge in [-0.15, -0.1) is 0 Å². The normalized spacial score (nSPS) is 25.2. The maximum atomic E-state index is 12.6. The number of hydrogen-bond acceptors (Lipinski definition) is 3. The molecular formula is C13H17Cl2NO2S. The van der Waals surface area contributed by atoms with E-state index >= 15 is 0 Å². The van der Waals surface area contributed by atoms with Gasteiger partial charge < -0.3 is 10.1 Å². The summed E-state index contributed by atoms with van der Waals surface area (Å²) in [6, 6.07) is 5.34. The zero-order valence-electron chi connectivity index (χ0n) is 10.7. The Morgan fingerprint density at radius 1 is 1.42 bits per heavy atom. The average Bonchev–Trinajstić information content (AvgIpc) is 2.42. The van der Waals surface area contributed by atoms with Crippen LogP contribution >= 0.6 is 23.2 Å². The van der Waals surface area contributed by atoms with E-state index in [1.54, 1.807) is 18.2 Å². The lowest BCUT2D eigenvalue weighted by atomic mass is 10.1. The summed E-state index contributed by atoms with van der Waals surface area (Å²) in [5.74, 6) is 0. The van der Waals surface area contributed by atoms with Crippen molar-refractivity contribution in [3.63, 3.8) is 0 Å². The Morgan fingerprint density at radius 3 is 2.89 bits per heavy atom. The zero-order valence-corrected chi connectivity index (χ0v) is 13.0. The summed E-state index contributed by atoms with van der Waals surface area (Å²) in [6.45, 7) is 4.13. The largest absolute Gasteiger partial charge is 0.380 e. The van der Waals surface area contributed by atoms with Crippen molar-refractivity contribution in [2.75, 3.05) is 19.8 Å². The first-order valence-corrected chi connectivity index (χ1v) is 8.27. The molecule has 106 valence electrons. The van der Waals surface area contributed by atoms with Crippen molar-refractivity contribution in [3.8, 4) is 0 Å². The van der Waals surface area contributed by atoms with E-state index in [1.165, 1.54) is 0 Å². The third-order valence-corrected chi connectivity index (χ3v) is 5.64. The fourth-order valence-corrected chi connectivity index (χ4v) is 4.09. The first-order chi connectivity index (χ1) is 9.13. The van der Waals surface area contributed by atoms with Crippen LogP contribution in [-0.4, -0.2) is 35.3 Å². The third kappa shape index (κ3) is 3.70. The summed E-state index contributed by atoms with van der Waals surface area (Å²) in [4.78, 5) is 0.702. The highest BCUT2D eigenvalue weighted by Crippen LogP contribution is 2.27. The van der Waals surface area contributed by atoms with Gasteiger partial charge in [0.05, 0.1) is 32.7 Å². The van der Waals surface area contributed by atoms with Gasteiger partial charge in [-0.2, -0.15) is 0 Å². The summed E-state index contributed by atoms with van der Waals surface area (Å²) < 4.78 is 18.1. The molecule has 0 radical (unpaired) electrons. The number of hydrogen-bond donors (Lipinski definition) is 1. The minimum atomic E-state index is -1.15. The van der Waals surface area contributed by atoms with E-state index in [4.69, 9.17) is 27.9 Å². The Hall–Kier alpha value is -0.130. The van der Waals surface area contributed by atoms with Gasteiger partial charge in [-0.1, -0.05) is 30.1 Å². The first kappa shape index (κ1) is 15.3. The Labute approximate surface area is 126 Å². The lowest BCUT2D eigenvalue weighted by molar-refractivity contribution is 0.0824. The summed E-state index contributed by atoms with van der Waals surface area (Å²) in [7, 11) is -1.15. The molecule has 1 N–H and O–H groups in total. The Balaban J connectivity index is 2.18. The molecule has 1 aromatic carbocycles. The lowest BCUT2D eigenvalue weighted by Gasteiger charge is -2.31. The van der Waals surface area contributed by atoms with Crippen molar-refractivity contribution in [1.29, 1.82) is 0 Å². The van der Waals surface area contributed by atoms with Crippen molar-refractivity contribution in [3.05, 3.63) is 28.2 Å². The van der Waals surface area contributed by atoms with Gasteiger partial charge in [0.25, 0.3) is 0 Å². The first-order valence-electron chi connectivity index (χ1n) is 6.30. The van der Waals surface area contributed by atoms with Crippen LogP contribution in [0.4, 0.5) is 0 Å². The van der Waals surface area contributed by atoms with E-state index < -0.39 is 10.8 Å². The molecule has 0 aliphatic carbocycles. The van der Waals surface area contributed by atoms with Gasteiger partial charge in [-0.3, -0.25) is 4.21 Å². The molecule has 0 aromatic heterocycles. The lowest BCUT2D eigenvalue weighted by Crippen LogP contribution is -2.48. The Morgan fingerprint density at radius 2 is 2.21 bits per heavy atom. The topological polar surface area (TPSA) is 38.3 Å². The molecule has 2 rings (SSSR count). The van der Waals surface area contributed by atoms with Crippen molar-refractivity contribution in [2.24, 2.45) is 0 Å². The molecule has 1 saturated heterocycles. The molecule has 19 heavy (non-hydrogen) atoms. The Bertz CT molecular complexity index is 468. The van der Waals surface area contributed by atoms with Gasteiger partial charge in [-0.25, -0.2) is 0 Å². The molecule has 3 atom stereocenters. The smallest absolute Gasteiger partial charge is 0.0782 e. The average molecular weight is 322 g/mol. The summed E-state index contributed by atoms with van der Waals surface area (Å²) >= 11 is 11.9. The van der Waals surface area contributed by atoms with Crippen molar-refractivity contribution in [2.45, 2.75) is 29.5 Å². The highest BCUT2D eigenvalue weighted by Gasteiger charge is 2.31. The second-order valence-corrected chi connectivity index (χ2v) is 6.93. The molecule has 1 fully saturated rings. The third-order valence-electron chi connectivity index (χ3n) is 3.17. The molecule has 1 aliphatic rings. The van der Waals surface area contributed by atoms with Gasteiger partial charge in [-0.05, 0) is 31.2 Å². The van der Waals surface area contributed by atoms with E-state index in [0.29, 0.717) is 28.2 Å². The summed E-state index contributed by atoms with van der Waals surface area (Å²) in [6.07, 6.45) is 0.881. The predicted molar refractivity (Wildman–Crippen MR) is 79.6 cm³/mol. The van der Waals surface area contributed by atoms with Crippen LogP contribution in [0, 0.1) is 0 Å². The molecule has 0 amide bonds. The SMILES string of the molecule is CCNC1CCOCC1S(=O)c1ccc(Cl)c(Cl)c1. The van der Waals surface area contributed by atoms with E-state index in [-0.39, 0.29) is 11.3 Å². The number of nitrogens with one attached hydrogen (secondary N) is 1. The second kappa shape index (κ2) is 7.04. The van der Waals surface area contributed by atoms with Crippen LogP contribution in [-0.2, 0) is 15.5 Å². The fourth-order valence-electron chi connectivity index (χ4n) is 2.20. The highest BCUT2D eigenvalue weighted by atomic mass is 35.5. The summed E-state index contributed by atoms with van der Waals surface area (Å²) in [5.41, 5.74) is 0. The fraction of sp³-hybridized carbons (Fsp3) is 0.538. The number of benzene rings is 1. The molecule has 6 heteroatoms. The Kier molecular flexibility index (Phi) is 5.66. The highest BCUT2D eigenvalue weighted by molar-refractivity contribution is 7.85. The number of rotatable bonds is 4. The molecule has 0 bridgehead atoms. The number of ether oxygens (including phenoxy) is 1. The molecule has 1 aromatic rings. The van der Waals surface area contributed by atoms with Gasteiger partial charge in [0.2, 0.25) is 0 Å². The zero-order chi connectivity index (χ0) is 13.8. The molecule has 0 spiro atoms. The van der Waals surface area contributed by atoms with E-state index in [2.05, 4.69) is 12.2 Å². The molecule has 1 aliphatic heterocycles. The monoisotopic (exact) mass is 321 g/mol.